The molecule has 0 atom stereocenters. The van der Waals surface area contributed by atoms with Gasteiger partial charge in [-0.05, 0) is 42.2 Å². The quantitative estimate of drug-likeness (QED) is 0.732. The Hall–Kier alpha value is -2.40. The van der Waals surface area contributed by atoms with Crippen molar-refractivity contribution in [3.05, 3.63) is 71.4 Å². The standard InChI is InChI=1S/C20H22N2O2S/c1-15-4-3-5-18-20(15)19(11-13-22-18)21-12-10-16-6-8-17(9-7-16)14-25(2,23)24/h3-9,11,13H,10,12,14H2,1-2H3,(H,21,22). The van der Waals surface area contributed by atoms with Gasteiger partial charge >= 0.3 is 0 Å². The summed E-state index contributed by atoms with van der Waals surface area (Å²) in [6.45, 7) is 2.90. The molecule has 2 aromatic carbocycles. The second-order valence-electron chi connectivity index (χ2n) is 6.39. The van der Waals surface area contributed by atoms with Crippen molar-refractivity contribution in [1.82, 2.24) is 4.98 Å². The summed E-state index contributed by atoms with van der Waals surface area (Å²) in [6.07, 6.45) is 3.95. The summed E-state index contributed by atoms with van der Waals surface area (Å²) in [5, 5.41) is 4.65. The van der Waals surface area contributed by atoms with Crippen LogP contribution in [0.2, 0.25) is 0 Å². The van der Waals surface area contributed by atoms with Gasteiger partial charge in [0, 0.05) is 30.1 Å². The first-order valence-electron chi connectivity index (χ1n) is 8.26. The third-order valence-corrected chi connectivity index (χ3v) is 5.01. The van der Waals surface area contributed by atoms with Gasteiger partial charge in [0.2, 0.25) is 0 Å². The number of anilines is 1. The van der Waals surface area contributed by atoms with Gasteiger partial charge in [-0.15, -0.1) is 0 Å². The van der Waals surface area contributed by atoms with Crippen LogP contribution in [-0.4, -0.2) is 26.2 Å². The summed E-state index contributed by atoms with van der Waals surface area (Å²) in [7, 11) is -2.99. The van der Waals surface area contributed by atoms with Gasteiger partial charge in [0.15, 0.2) is 9.84 Å². The molecular weight excluding hydrogens is 332 g/mol. The zero-order valence-corrected chi connectivity index (χ0v) is 15.3. The van der Waals surface area contributed by atoms with Gasteiger partial charge in [-0.25, -0.2) is 8.42 Å². The van der Waals surface area contributed by atoms with E-state index in [1.807, 2.05) is 48.7 Å². The van der Waals surface area contributed by atoms with Crippen LogP contribution in [0.5, 0.6) is 0 Å². The minimum Gasteiger partial charge on any atom is -0.384 e. The van der Waals surface area contributed by atoms with E-state index in [0.717, 1.165) is 35.1 Å². The normalized spacial score (nSPS) is 11.6. The Bertz CT molecular complexity index is 975. The fourth-order valence-corrected chi connectivity index (χ4v) is 3.78. The summed E-state index contributed by atoms with van der Waals surface area (Å²) >= 11 is 0. The average molecular weight is 354 g/mol. The molecule has 0 amide bonds. The molecule has 0 bridgehead atoms. The van der Waals surface area contributed by atoms with E-state index in [4.69, 9.17) is 0 Å². The first-order valence-corrected chi connectivity index (χ1v) is 10.3. The highest BCUT2D eigenvalue weighted by atomic mass is 32.2. The number of sulfone groups is 1. The summed E-state index contributed by atoms with van der Waals surface area (Å²) in [5.41, 5.74) is 5.31. The van der Waals surface area contributed by atoms with Crippen molar-refractivity contribution < 1.29 is 8.42 Å². The molecule has 0 radical (unpaired) electrons. The minimum absolute atomic E-state index is 0.0911. The van der Waals surface area contributed by atoms with Gasteiger partial charge in [-0.1, -0.05) is 36.4 Å². The van der Waals surface area contributed by atoms with Crippen molar-refractivity contribution in [2.24, 2.45) is 0 Å². The summed E-state index contributed by atoms with van der Waals surface area (Å²) in [4.78, 5) is 4.42. The molecule has 1 aromatic heterocycles. The van der Waals surface area contributed by atoms with E-state index >= 15 is 0 Å². The van der Waals surface area contributed by atoms with Crippen LogP contribution in [0.1, 0.15) is 16.7 Å². The predicted molar refractivity (Wildman–Crippen MR) is 104 cm³/mol. The molecule has 25 heavy (non-hydrogen) atoms. The number of hydrogen-bond acceptors (Lipinski definition) is 4. The molecule has 4 nitrogen and oxygen atoms in total. The smallest absolute Gasteiger partial charge is 0.151 e. The number of aryl methyl sites for hydroxylation is 1. The molecule has 0 aliphatic heterocycles. The van der Waals surface area contributed by atoms with Crippen LogP contribution in [0.15, 0.2) is 54.7 Å². The average Bonchev–Trinajstić information content (AvgIpc) is 2.55. The lowest BCUT2D eigenvalue weighted by Crippen LogP contribution is -2.06. The SMILES string of the molecule is Cc1cccc2nccc(NCCc3ccc(CS(C)(=O)=O)cc3)c12. The highest BCUT2D eigenvalue weighted by Crippen LogP contribution is 2.24. The zero-order valence-electron chi connectivity index (χ0n) is 14.5. The maximum Gasteiger partial charge on any atom is 0.151 e. The first kappa shape index (κ1) is 17.4. The van der Waals surface area contributed by atoms with Crippen LogP contribution < -0.4 is 5.32 Å². The van der Waals surface area contributed by atoms with Crippen LogP contribution in [0.25, 0.3) is 10.9 Å². The van der Waals surface area contributed by atoms with Crippen molar-refractivity contribution in [2.75, 3.05) is 18.1 Å². The van der Waals surface area contributed by atoms with E-state index in [2.05, 4.69) is 23.3 Å². The number of rotatable bonds is 6. The Morgan fingerprint density at radius 2 is 1.72 bits per heavy atom. The number of nitrogens with zero attached hydrogens (tertiary/aromatic N) is 1. The van der Waals surface area contributed by atoms with Gasteiger partial charge in [0.25, 0.3) is 0 Å². The third-order valence-electron chi connectivity index (χ3n) is 4.16. The molecule has 0 fully saturated rings. The second kappa shape index (κ2) is 7.23. The Morgan fingerprint density at radius 3 is 2.44 bits per heavy atom. The number of pyridine rings is 1. The molecular formula is C20H22N2O2S. The van der Waals surface area contributed by atoms with Crippen molar-refractivity contribution in [2.45, 2.75) is 19.1 Å². The molecule has 5 heteroatoms. The van der Waals surface area contributed by atoms with Crippen molar-refractivity contribution in [1.29, 1.82) is 0 Å². The Balaban J connectivity index is 1.66. The largest absolute Gasteiger partial charge is 0.384 e. The van der Waals surface area contributed by atoms with Gasteiger partial charge in [-0.3, -0.25) is 4.98 Å². The molecule has 0 saturated carbocycles. The Labute approximate surface area is 148 Å². The van der Waals surface area contributed by atoms with Gasteiger partial charge in [0.1, 0.15) is 0 Å². The number of hydrogen-bond donors (Lipinski definition) is 1. The van der Waals surface area contributed by atoms with Crippen LogP contribution in [0, 0.1) is 6.92 Å². The van der Waals surface area contributed by atoms with Gasteiger partial charge in [0.05, 0.1) is 11.3 Å². The first-order chi connectivity index (χ1) is 11.9. The lowest BCUT2D eigenvalue weighted by atomic mass is 10.1. The molecule has 130 valence electrons. The monoisotopic (exact) mass is 354 g/mol. The maximum absolute atomic E-state index is 11.3. The fraction of sp³-hybridized carbons (Fsp3) is 0.250. The molecule has 0 aliphatic carbocycles. The number of nitrogens with one attached hydrogen (secondary N) is 1. The number of fused-ring (bicyclic) bond motifs is 1. The lowest BCUT2D eigenvalue weighted by Gasteiger charge is -2.11. The molecule has 0 unspecified atom stereocenters. The Morgan fingerprint density at radius 1 is 1.00 bits per heavy atom. The predicted octanol–water partition coefficient (Wildman–Crippen LogP) is 3.74. The van der Waals surface area contributed by atoms with Crippen LogP contribution in [0.4, 0.5) is 5.69 Å². The van der Waals surface area contributed by atoms with E-state index in [0.29, 0.717) is 0 Å². The highest BCUT2D eigenvalue weighted by Gasteiger charge is 2.06. The molecule has 3 aromatic rings. The van der Waals surface area contributed by atoms with Crippen LogP contribution in [-0.2, 0) is 22.0 Å². The van der Waals surface area contributed by atoms with Gasteiger partial charge < -0.3 is 5.32 Å². The topological polar surface area (TPSA) is 59.1 Å². The van der Waals surface area contributed by atoms with Crippen molar-refractivity contribution >= 4 is 26.4 Å². The number of benzene rings is 2. The molecule has 1 heterocycles. The molecule has 0 spiro atoms. The van der Waals surface area contributed by atoms with E-state index in [9.17, 15) is 8.42 Å². The molecule has 1 N–H and O–H groups in total. The summed E-state index contributed by atoms with van der Waals surface area (Å²) in [5.74, 6) is 0.0911. The van der Waals surface area contributed by atoms with Gasteiger partial charge in [-0.2, -0.15) is 0 Å². The summed E-state index contributed by atoms with van der Waals surface area (Å²) < 4.78 is 22.7. The van der Waals surface area contributed by atoms with E-state index in [1.165, 1.54) is 17.4 Å². The fourth-order valence-electron chi connectivity index (χ4n) is 2.98. The second-order valence-corrected chi connectivity index (χ2v) is 8.53. The maximum atomic E-state index is 11.3. The Kier molecular flexibility index (Phi) is 5.04. The van der Waals surface area contributed by atoms with Crippen LogP contribution in [0.3, 0.4) is 0 Å². The van der Waals surface area contributed by atoms with E-state index in [-0.39, 0.29) is 5.75 Å². The molecule has 0 aliphatic rings. The van der Waals surface area contributed by atoms with Crippen LogP contribution >= 0.6 is 0 Å². The highest BCUT2D eigenvalue weighted by molar-refractivity contribution is 7.89. The molecule has 0 saturated heterocycles. The molecule has 3 rings (SSSR count). The third kappa shape index (κ3) is 4.57. The van der Waals surface area contributed by atoms with Crippen molar-refractivity contribution in [3.8, 4) is 0 Å². The number of aromatic nitrogens is 1. The van der Waals surface area contributed by atoms with Crippen molar-refractivity contribution in [3.63, 3.8) is 0 Å². The lowest BCUT2D eigenvalue weighted by molar-refractivity contribution is 0.601. The summed E-state index contributed by atoms with van der Waals surface area (Å²) in [6, 6.07) is 15.9. The zero-order chi connectivity index (χ0) is 17.9. The van der Waals surface area contributed by atoms with E-state index in [1.54, 1.807) is 0 Å². The van der Waals surface area contributed by atoms with E-state index < -0.39 is 9.84 Å². The minimum atomic E-state index is -2.99.